The molecule has 6 heteroatoms. The van der Waals surface area contributed by atoms with Crippen LogP contribution in [0.25, 0.3) is 17.0 Å². The second kappa shape index (κ2) is 15.1. The van der Waals surface area contributed by atoms with E-state index in [2.05, 4.69) is 29.6 Å². The van der Waals surface area contributed by atoms with E-state index in [9.17, 15) is 4.79 Å². The molecule has 0 fully saturated rings. The van der Waals surface area contributed by atoms with E-state index in [0.29, 0.717) is 23.5 Å². The zero-order valence-electron chi connectivity index (χ0n) is 26.4. The van der Waals surface area contributed by atoms with E-state index >= 15 is 0 Å². The summed E-state index contributed by atoms with van der Waals surface area (Å²) in [5.74, 6) is 2.13. The summed E-state index contributed by atoms with van der Waals surface area (Å²) in [7, 11) is 1.64. The standard InChI is InChI=1S/C39H44N2O4/c1-43-30-19-17-28(18-20-30)25-29-27-45-37-26-31(21-22-34(37)39(29)42)44-24-12-6-4-2-3-5-11-23-40-38-32-13-7-9-15-35(32)41-36-16-10-8-14-33(36)38/h7,9,13,15,17-22,25-26H,2-6,8,10-12,14,16,23-24,27H2,1H3,(H,40,41)/b29-25+. The summed E-state index contributed by atoms with van der Waals surface area (Å²) in [6.07, 6.45) is 15.0. The third-order valence-electron chi connectivity index (χ3n) is 8.89. The molecule has 6 nitrogen and oxygen atoms in total. The fraction of sp³-hybridized carbons (Fsp3) is 0.385. The number of hydrogen-bond acceptors (Lipinski definition) is 6. The summed E-state index contributed by atoms with van der Waals surface area (Å²) in [6.45, 7) is 1.94. The van der Waals surface area contributed by atoms with E-state index < -0.39 is 0 Å². The number of rotatable bonds is 14. The van der Waals surface area contributed by atoms with Crippen molar-refractivity contribution < 1.29 is 19.0 Å². The smallest absolute Gasteiger partial charge is 0.196 e. The predicted molar refractivity (Wildman–Crippen MR) is 182 cm³/mol. The molecule has 1 aliphatic heterocycles. The maximum absolute atomic E-state index is 13.0. The first-order valence-electron chi connectivity index (χ1n) is 16.6. The van der Waals surface area contributed by atoms with Crippen LogP contribution < -0.4 is 19.5 Å². The van der Waals surface area contributed by atoms with E-state index in [-0.39, 0.29) is 12.4 Å². The van der Waals surface area contributed by atoms with Crippen LogP contribution in [-0.4, -0.2) is 37.6 Å². The normalized spacial score (nSPS) is 15.0. The van der Waals surface area contributed by atoms with Crippen molar-refractivity contribution in [2.24, 2.45) is 0 Å². The Hall–Kier alpha value is -4.32. The van der Waals surface area contributed by atoms with Crippen LogP contribution in [0.4, 0.5) is 5.69 Å². The quantitative estimate of drug-likeness (QED) is 0.114. The predicted octanol–water partition coefficient (Wildman–Crippen LogP) is 9.00. The molecule has 4 aromatic rings. The van der Waals surface area contributed by atoms with E-state index in [0.717, 1.165) is 54.8 Å². The Kier molecular flexibility index (Phi) is 10.3. The third-order valence-corrected chi connectivity index (χ3v) is 8.89. The molecular weight excluding hydrogens is 560 g/mol. The van der Waals surface area contributed by atoms with Crippen LogP contribution in [0.2, 0.25) is 0 Å². The SMILES string of the molecule is COc1ccc(/C=C2\COc3cc(OCCCCCCCCCNc4c5c(nc6ccccc46)CCCC5)ccc3C2=O)cc1. The van der Waals surface area contributed by atoms with E-state index in [1.807, 2.05) is 48.5 Å². The highest BCUT2D eigenvalue weighted by Crippen LogP contribution is 2.34. The van der Waals surface area contributed by atoms with Gasteiger partial charge in [0.15, 0.2) is 5.78 Å². The second-order valence-corrected chi connectivity index (χ2v) is 12.1. The van der Waals surface area contributed by atoms with Crippen LogP contribution in [0.5, 0.6) is 17.2 Å². The lowest BCUT2D eigenvalue weighted by Gasteiger charge is -2.21. The van der Waals surface area contributed by atoms with Gasteiger partial charge in [-0.15, -0.1) is 0 Å². The number of aryl methyl sites for hydroxylation is 1. The molecule has 0 unspecified atom stereocenters. The molecule has 234 valence electrons. The van der Waals surface area contributed by atoms with Crippen LogP contribution in [0, 0.1) is 0 Å². The van der Waals surface area contributed by atoms with Crippen LogP contribution >= 0.6 is 0 Å². The van der Waals surface area contributed by atoms with E-state index in [1.54, 1.807) is 7.11 Å². The summed E-state index contributed by atoms with van der Waals surface area (Å²) in [4.78, 5) is 18.0. The molecule has 45 heavy (non-hydrogen) atoms. The van der Waals surface area contributed by atoms with Crippen molar-refractivity contribution in [1.29, 1.82) is 0 Å². The van der Waals surface area contributed by atoms with Crippen molar-refractivity contribution in [3.05, 3.63) is 94.7 Å². The zero-order valence-corrected chi connectivity index (χ0v) is 26.4. The summed E-state index contributed by atoms with van der Waals surface area (Å²) < 4.78 is 17.1. The number of ether oxygens (including phenoxy) is 3. The van der Waals surface area contributed by atoms with Gasteiger partial charge in [0, 0.05) is 35.0 Å². The van der Waals surface area contributed by atoms with Gasteiger partial charge < -0.3 is 19.5 Å². The Bertz CT molecular complexity index is 1640. The van der Waals surface area contributed by atoms with Gasteiger partial charge in [0.2, 0.25) is 0 Å². The Balaban J connectivity index is 0.867. The summed E-state index contributed by atoms with van der Waals surface area (Å²) >= 11 is 0. The number of anilines is 1. The number of nitrogens with one attached hydrogen (secondary N) is 1. The molecule has 2 heterocycles. The van der Waals surface area contributed by atoms with Crippen LogP contribution in [0.15, 0.2) is 72.3 Å². The summed E-state index contributed by atoms with van der Waals surface area (Å²) in [5.41, 5.74) is 7.36. The Morgan fingerprint density at radius 2 is 1.62 bits per heavy atom. The maximum atomic E-state index is 13.0. The Morgan fingerprint density at radius 1 is 0.867 bits per heavy atom. The number of para-hydroxylation sites is 1. The highest BCUT2D eigenvalue weighted by atomic mass is 16.5. The van der Waals surface area contributed by atoms with E-state index in [4.69, 9.17) is 19.2 Å². The lowest BCUT2D eigenvalue weighted by molar-refractivity contribution is 0.100. The number of benzene rings is 3. The van der Waals surface area contributed by atoms with Gasteiger partial charge in [-0.1, -0.05) is 62.4 Å². The van der Waals surface area contributed by atoms with E-state index in [1.165, 1.54) is 67.3 Å². The summed E-state index contributed by atoms with van der Waals surface area (Å²) in [6, 6.07) is 21.7. The van der Waals surface area contributed by atoms with Gasteiger partial charge in [-0.05, 0) is 86.1 Å². The molecule has 0 atom stereocenters. The number of Topliss-reactive ketones (excluding diaryl/α,β-unsaturated/α-hetero) is 1. The molecule has 0 bridgehead atoms. The number of aromatic nitrogens is 1. The van der Waals surface area contributed by atoms with Crippen LogP contribution in [-0.2, 0) is 12.8 Å². The minimum Gasteiger partial charge on any atom is -0.497 e. The first kappa shape index (κ1) is 30.7. The topological polar surface area (TPSA) is 69.7 Å². The lowest BCUT2D eigenvalue weighted by Crippen LogP contribution is -2.19. The number of carbonyl (C=O) groups excluding carboxylic acids is 1. The molecule has 0 saturated heterocycles. The highest BCUT2D eigenvalue weighted by molar-refractivity contribution is 6.14. The van der Waals surface area contributed by atoms with Crippen molar-refractivity contribution in [3.63, 3.8) is 0 Å². The van der Waals surface area contributed by atoms with Crippen molar-refractivity contribution in [3.8, 4) is 17.2 Å². The van der Waals surface area contributed by atoms with Crippen LogP contribution in [0.3, 0.4) is 0 Å². The molecule has 1 N–H and O–H groups in total. The minimum absolute atomic E-state index is 0.000764. The molecule has 0 spiro atoms. The molecule has 0 radical (unpaired) electrons. The van der Waals surface area contributed by atoms with Gasteiger partial charge in [-0.25, -0.2) is 0 Å². The molecular formula is C39H44N2O4. The third kappa shape index (κ3) is 7.67. The van der Waals surface area contributed by atoms with Crippen LogP contribution in [0.1, 0.15) is 85.0 Å². The van der Waals surface area contributed by atoms with Gasteiger partial charge in [0.1, 0.15) is 23.9 Å². The van der Waals surface area contributed by atoms with Crippen molar-refractivity contribution >= 4 is 28.4 Å². The monoisotopic (exact) mass is 604 g/mol. The van der Waals surface area contributed by atoms with Crippen molar-refractivity contribution in [2.75, 3.05) is 32.2 Å². The largest absolute Gasteiger partial charge is 0.497 e. The summed E-state index contributed by atoms with van der Waals surface area (Å²) in [5, 5.41) is 5.06. The molecule has 3 aromatic carbocycles. The van der Waals surface area contributed by atoms with Crippen molar-refractivity contribution in [2.45, 2.75) is 70.6 Å². The van der Waals surface area contributed by atoms with Gasteiger partial charge in [0.05, 0.1) is 24.8 Å². The number of unbranched alkanes of at least 4 members (excludes halogenated alkanes) is 6. The highest BCUT2D eigenvalue weighted by Gasteiger charge is 2.24. The molecule has 1 aromatic heterocycles. The first-order valence-corrected chi connectivity index (χ1v) is 16.6. The van der Waals surface area contributed by atoms with Gasteiger partial charge in [-0.3, -0.25) is 9.78 Å². The molecule has 0 amide bonds. The Labute approximate surface area is 266 Å². The molecule has 1 aliphatic carbocycles. The number of carbonyl (C=O) groups is 1. The Morgan fingerprint density at radius 3 is 2.47 bits per heavy atom. The average molecular weight is 605 g/mol. The molecule has 0 saturated carbocycles. The number of hydrogen-bond donors (Lipinski definition) is 1. The molecule has 2 aliphatic rings. The first-order chi connectivity index (χ1) is 22.2. The average Bonchev–Trinajstić information content (AvgIpc) is 3.08. The number of fused-ring (bicyclic) bond motifs is 3. The number of ketones is 1. The minimum atomic E-state index is -0.000764. The van der Waals surface area contributed by atoms with Gasteiger partial charge >= 0.3 is 0 Å². The number of nitrogens with zero attached hydrogens (tertiary/aromatic N) is 1. The second-order valence-electron chi connectivity index (χ2n) is 12.1. The zero-order chi connectivity index (χ0) is 30.8. The lowest BCUT2D eigenvalue weighted by atomic mass is 9.92. The van der Waals surface area contributed by atoms with Gasteiger partial charge in [0.25, 0.3) is 0 Å². The van der Waals surface area contributed by atoms with Gasteiger partial charge in [-0.2, -0.15) is 0 Å². The maximum Gasteiger partial charge on any atom is 0.196 e. The fourth-order valence-electron chi connectivity index (χ4n) is 6.39. The molecule has 6 rings (SSSR count). The fourth-order valence-corrected chi connectivity index (χ4v) is 6.39. The van der Waals surface area contributed by atoms with Crippen molar-refractivity contribution in [1.82, 2.24) is 4.98 Å². The number of methoxy groups -OCH3 is 1. The number of pyridine rings is 1.